The number of para-hydroxylation sites is 1. The summed E-state index contributed by atoms with van der Waals surface area (Å²) in [6.45, 7) is 0.240. The first-order valence-corrected chi connectivity index (χ1v) is 6.48. The van der Waals surface area contributed by atoms with Crippen molar-refractivity contribution < 1.29 is 13.9 Å². The van der Waals surface area contributed by atoms with Crippen LogP contribution in [0.25, 0.3) is 6.08 Å². The van der Waals surface area contributed by atoms with E-state index < -0.39 is 5.91 Å². The lowest BCUT2D eigenvalue weighted by Crippen LogP contribution is -2.12. The van der Waals surface area contributed by atoms with Gasteiger partial charge in [-0.05, 0) is 29.8 Å². The van der Waals surface area contributed by atoms with Gasteiger partial charge < -0.3 is 10.5 Å². The Morgan fingerprint density at radius 1 is 1.23 bits per heavy atom. The van der Waals surface area contributed by atoms with Gasteiger partial charge in [0, 0.05) is 5.56 Å². The van der Waals surface area contributed by atoms with Gasteiger partial charge in [-0.2, -0.15) is 5.26 Å². The van der Waals surface area contributed by atoms with E-state index in [2.05, 4.69) is 0 Å². The molecule has 22 heavy (non-hydrogen) atoms. The van der Waals surface area contributed by atoms with Crippen LogP contribution in [-0.2, 0) is 11.4 Å². The molecule has 0 aliphatic carbocycles. The number of nitrogens with zero attached hydrogens (tertiary/aromatic N) is 1. The van der Waals surface area contributed by atoms with E-state index in [1.807, 2.05) is 0 Å². The Morgan fingerprint density at radius 3 is 2.55 bits per heavy atom. The fourth-order valence-corrected chi connectivity index (χ4v) is 1.79. The van der Waals surface area contributed by atoms with Gasteiger partial charge in [0.05, 0.1) is 0 Å². The molecule has 0 saturated heterocycles. The van der Waals surface area contributed by atoms with Crippen molar-refractivity contribution in [1.29, 1.82) is 5.26 Å². The lowest BCUT2D eigenvalue weighted by atomic mass is 10.1. The number of halogens is 1. The molecule has 4 nitrogen and oxygen atoms in total. The van der Waals surface area contributed by atoms with E-state index in [0.29, 0.717) is 11.3 Å². The second-order valence-corrected chi connectivity index (χ2v) is 4.49. The molecule has 1 amide bonds. The molecular formula is C17H13FN2O2. The monoisotopic (exact) mass is 296 g/mol. The predicted molar refractivity (Wildman–Crippen MR) is 80.0 cm³/mol. The Bertz CT molecular complexity index is 746. The minimum atomic E-state index is -0.796. The van der Waals surface area contributed by atoms with Crippen LogP contribution in [-0.4, -0.2) is 5.91 Å². The van der Waals surface area contributed by atoms with E-state index in [1.54, 1.807) is 42.5 Å². The molecule has 0 spiro atoms. The summed E-state index contributed by atoms with van der Waals surface area (Å²) < 4.78 is 18.5. The van der Waals surface area contributed by atoms with E-state index in [-0.39, 0.29) is 18.0 Å². The van der Waals surface area contributed by atoms with E-state index in [0.717, 1.165) is 5.56 Å². The molecule has 0 bridgehead atoms. The van der Waals surface area contributed by atoms with Crippen LogP contribution in [0, 0.1) is 17.1 Å². The van der Waals surface area contributed by atoms with Crippen LogP contribution < -0.4 is 10.5 Å². The SMILES string of the molecule is N#C/C(=C/c1ccccc1OCc1ccc(F)cc1)C(N)=O. The third-order valence-corrected chi connectivity index (χ3v) is 2.91. The maximum absolute atomic E-state index is 12.8. The lowest BCUT2D eigenvalue weighted by Gasteiger charge is -2.09. The van der Waals surface area contributed by atoms with E-state index in [9.17, 15) is 9.18 Å². The molecule has 0 aliphatic heterocycles. The standard InChI is InChI=1S/C17H13FN2O2/c18-15-7-5-12(6-8-15)11-22-16-4-2-1-3-13(16)9-14(10-19)17(20)21/h1-9H,11H2,(H2,20,21)/b14-9-. The smallest absolute Gasteiger partial charge is 0.259 e. The van der Waals surface area contributed by atoms with Crippen molar-refractivity contribution in [3.63, 3.8) is 0 Å². The van der Waals surface area contributed by atoms with Gasteiger partial charge in [-0.3, -0.25) is 4.79 Å². The average molecular weight is 296 g/mol. The molecule has 0 fully saturated rings. The Labute approximate surface area is 127 Å². The summed E-state index contributed by atoms with van der Waals surface area (Å²) >= 11 is 0. The van der Waals surface area contributed by atoms with Crippen LogP contribution in [0.5, 0.6) is 5.75 Å². The highest BCUT2D eigenvalue weighted by Gasteiger charge is 2.07. The second kappa shape index (κ2) is 7.04. The number of primary amides is 1. The third kappa shape index (κ3) is 3.93. The molecule has 2 aromatic rings. The summed E-state index contributed by atoms with van der Waals surface area (Å²) in [5.41, 5.74) is 6.33. The van der Waals surface area contributed by atoms with Crippen LogP contribution in [0.3, 0.4) is 0 Å². The van der Waals surface area contributed by atoms with Crippen molar-refractivity contribution in [3.05, 3.63) is 71.0 Å². The lowest BCUT2D eigenvalue weighted by molar-refractivity contribution is -0.114. The Balaban J connectivity index is 2.20. The van der Waals surface area contributed by atoms with Gasteiger partial charge in [0.15, 0.2) is 0 Å². The summed E-state index contributed by atoms with van der Waals surface area (Å²) in [4.78, 5) is 11.1. The number of nitrogens with two attached hydrogens (primary N) is 1. The number of amides is 1. The van der Waals surface area contributed by atoms with Crippen molar-refractivity contribution in [2.75, 3.05) is 0 Å². The summed E-state index contributed by atoms with van der Waals surface area (Å²) in [5.74, 6) is -0.608. The molecule has 0 atom stereocenters. The summed E-state index contributed by atoms with van der Waals surface area (Å²) in [7, 11) is 0. The third-order valence-electron chi connectivity index (χ3n) is 2.91. The molecule has 0 aromatic heterocycles. The molecule has 2 N–H and O–H groups in total. The zero-order valence-corrected chi connectivity index (χ0v) is 11.6. The minimum Gasteiger partial charge on any atom is -0.488 e. The zero-order chi connectivity index (χ0) is 15.9. The maximum atomic E-state index is 12.8. The van der Waals surface area contributed by atoms with Gasteiger partial charge >= 0.3 is 0 Å². The van der Waals surface area contributed by atoms with Crippen LogP contribution in [0.2, 0.25) is 0 Å². The second-order valence-electron chi connectivity index (χ2n) is 4.49. The predicted octanol–water partition coefficient (Wildman–Crippen LogP) is 2.80. The van der Waals surface area contributed by atoms with Gasteiger partial charge in [-0.25, -0.2) is 4.39 Å². The zero-order valence-electron chi connectivity index (χ0n) is 11.6. The van der Waals surface area contributed by atoms with Crippen molar-refractivity contribution in [3.8, 4) is 11.8 Å². The topological polar surface area (TPSA) is 76.1 Å². The number of ether oxygens (including phenoxy) is 1. The van der Waals surface area contributed by atoms with Crippen LogP contribution in [0.4, 0.5) is 4.39 Å². The molecule has 110 valence electrons. The molecule has 2 rings (SSSR count). The molecular weight excluding hydrogens is 283 g/mol. The fourth-order valence-electron chi connectivity index (χ4n) is 1.79. The number of rotatable bonds is 5. The summed E-state index contributed by atoms with van der Waals surface area (Å²) in [6, 6.07) is 14.6. The molecule has 2 aromatic carbocycles. The molecule has 0 radical (unpaired) electrons. The van der Waals surface area contributed by atoms with Gasteiger partial charge in [0.1, 0.15) is 29.8 Å². The first kappa shape index (κ1) is 15.3. The molecule has 0 aliphatic rings. The normalized spacial score (nSPS) is 10.8. The highest BCUT2D eigenvalue weighted by atomic mass is 19.1. The maximum Gasteiger partial charge on any atom is 0.259 e. The molecule has 0 heterocycles. The number of carbonyl (C=O) groups is 1. The minimum absolute atomic E-state index is 0.155. The number of benzene rings is 2. The van der Waals surface area contributed by atoms with Crippen molar-refractivity contribution >= 4 is 12.0 Å². The summed E-state index contributed by atoms with van der Waals surface area (Å²) in [5, 5.41) is 8.89. The summed E-state index contributed by atoms with van der Waals surface area (Å²) in [6.07, 6.45) is 1.38. The van der Waals surface area contributed by atoms with Crippen LogP contribution >= 0.6 is 0 Å². The quantitative estimate of drug-likeness (QED) is 0.681. The Hall–Kier alpha value is -3.13. The highest BCUT2D eigenvalue weighted by Crippen LogP contribution is 2.22. The van der Waals surface area contributed by atoms with E-state index in [1.165, 1.54) is 18.2 Å². The number of hydrogen-bond donors (Lipinski definition) is 1. The van der Waals surface area contributed by atoms with Gasteiger partial charge in [-0.15, -0.1) is 0 Å². The largest absolute Gasteiger partial charge is 0.488 e. The Morgan fingerprint density at radius 2 is 1.91 bits per heavy atom. The highest BCUT2D eigenvalue weighted by molar-refractivity contribution is 6.00. The van der Waals surface area contributed by atoms with Crippen LogP contribution in [0.1, 0.15) is 11.1 Å². The average Bonchev–Trinajstić information content (AvgIpc) is 2.52. The molecule has 5 heteroatoms. The first-order chi connectivity index (χ1) is 10.6. The van der Waals surface area contributed by atoms with Crippen molar-refractivity contribution in [2.45, 2.75) is 6.61 Å². The van der Waals surface area contributed by atoms with Crippen molar-refractivity contribution in [2.24, 2.45) is 5.73 Å². The van der Waals surface area contributed by atoms with E-state index in [4.69, 9.17) is 15.7 Å². The van der Waals surface area contributed by atoms with Crippen LogP contribution in [0.15, 0.2) is 54.1 Å². The Kier molecular flexibility index (Phi) is 4.89. The number of carbonyl (C=O) groups excluding carboxylic acids is 1. The van der Waals surface area contributed by atoms with Crippen molar-refractivity contribution in [1.82, 2.24) is 0 Å². The van der Waals surface area contributed by atoms with E-state index >= 15 is 0 Å². The van der Waals surface area contributed by atoms with Gasteiger partial charge in [-0.1, -0.05) is 30.3 Å². The number of nitriles is 1. The van der Waals surface area contributed by atoms with Gasteiger partial charge in [0.25, 0.3) is 5.91 Å². The molecule has 0 unspecified atom stereocenters. The van der Waals surface area contributed by atoms with Gasteiger partial charge in [0.2, 0.25) is 0 Å². The first-order valence-electron chi connectivity index (χ1n) is 6.48. The fraction of sp³-hybridized carbons (Fsp3) is 0.0588. The molecule has 0 saturated carbocycles. The number of hydrogen-bond acceptors (Lipinski definition) is 3.